The van der Waals surface area contributed by atoms with Crippen LogP contribution in [-0.2, 0) is 0 Å². The van der Waals surface area contributed by atoms with Crippen molar-refractivity contribution in [3.05, 3.63) is 51.8 Å². The number of pyridine rings is 1. The van der Waals surface area contributed by atoms with Gasteiger partial charge in [0.1, 0.15) is 0 Å². The first-order valence-electron chi connectivity index (χ1n) is 8.63. The molecule has 1 aliphatic rings. The first kappa shape index (κ1) is 16.4. The minimum atomic E-state index is -0.376. The zero-order valence-electron chi connectivity index (χ0n) is 14.7. The zero-order chi connectivity index (χ0) is 18.3. The van der Waals surface area contributed by atoms with Gasteiger partial charge in [0.2, 0.25) is 5.89 Å². The van der Waals surface area contributed by atoms with Crippen LogP contribution in [0.25, 0.3) is 10.9 Å². The standard InChI is InChI=1S/C18H19N5O3/c1-11-9-16(14-6-3-7-15(23(24)25)17(14)19-11)22-8-4-5-13(10-22)18-20-12(2)21-26-18/h3,6-7,9,13H,4-5,8,10H2,1-2H3. The maximum absolute atomic E-state index is 11.4. The van der Waals surface area contributed by atoms with Crippen molar-refractivity contribution in [2.45, 2.75) is 32.6 Å². The quantitative estimate of drug-likeness (QED) is 0.524. The summed E-state index contributed by atoms with van der Waals surface area (Å²) in [5, 5.41) is 16.1. The van der Waals surface area contributed by atoms with E-state index in [2.05, 4.69) is 20.0 Å². The SMILES string of the molecule is Cc1cc(N2CCCC(c3nc(C)no3)C2)c2cccc([N+](=O)[O-])c2n1. The van der Waals surface area contributed by atoms with E-state index in [0.717, 1.165) is 42.7 Å². The summed E-state index contributed by atoms with van der Waals surface area (Å²) in [7, 11) is 0. The Balaban J connectivity index is 1.76. The fraction of sp³-hybridized carbons (Fsp3) is 0.389. The van der Waals surface area contributed by atoms with Gasteiger partial charge in [0, 0.05) is 35.9 Å². The molecule has 0 aliphatic carbocycles. The molecule has 1 unspecified atom stereocenters. The molecule has 2 aromatic heterocycles. The normalized spacial score (nSPS) is 17.6. The van der Waals surface area contributed by atoms with Crippen molar-refractivity contribution in [2.24, 2.45) is 0 Å². The molecule has 134 valence electrons. The Labute approximate surface area is 150 Å². The maximum Gasteiger partial charge on any atom is 0.295 e. The van der Waals surface area contributed by atoms with Crippen molar-refractivity contribution in [1.82, 2.24) is 15.1 Å². The van der Waals surface area contributed by atoms with Crippen molar-refractivity contribution in [3.8, 4) is 0 Å². The number of aryl methyl sites for hydroxylation is 2. The number of hydrogen-bond acceptors (Lipinski definition) is 7. The predicted molar refractivity (Wildman–Crippen MR) is 96.4 cm³/mol. The minimum absolute atomic E-state index is 0.0357. The monoisotopic (exact) mass is 353 g/mol. The number of nitrogens with zero attached hydrogens (tertiary/aromatic N) is 5. The lowest BCUT2D eigenvalue weighted by Gasteiger charge is -2.33. The van der Waals surface area contributed by atoms with Gasteiger partial charge in [0.05, 0.1) is 10.8 Å². The van der Waals surface area contributed by atoms with Gasteiger partial charge in [-0.3, -0.25) is 10.1 Å². The van der Waals surface area contributed by atoms with Crippen LogP contribution in [0, 0.1) is 24.0 Å². The Hall–Kier alpha value is -3.03. The van der Waals surface area contributed by atoms with Crippen molar-refractivity contribution in [3.63, 3.8) is 0 Å². The number of hydrogen-bond donors (Lipinski definition) is 0. The van der Waals surface area contributed by atoms with Crippen molar-refractivity contribution < 1.29 is 9.45 Å². The van der Waals surface area contributed by atoms with Gasteiger partial charge in [0.25, 0.3) is 5.69 Å². The van der Waals surface area contributed by atoms with Gasteiger partial charge < -0.3 is 9.42 Å². The van der Waals surface area contributed by atoms with Gasteiger partial charge in [-0.05, 0) is 32.8 Å². The Bertz CT molecular complexity index is 984. The summed E-state index contributed by atoms with van der Waals surface area (Å²) in [4.78, 5) is 22.0. The van der Waals surface area contributed by atoms with Gasteiger partial charge >= 0.3 is 0 Å². The molecule has 0 saturated carbocycles. The molecule has 1 fully saturated rings. The lowest BCUT2D eigenvalue weighted by atomic mass is 9.96. The Morgan fingerprint density at radius 2 is 2.15 bits per heavy atom. The van der Waals surface area contributed by atoms with Crippen molar-refractivity contribution >= 4 is 22.3 Å². The molecular formula is C18H19N5O3. The van der Waals surface area contributed by atoms with E-state index in [1.165, 1.54) is 6.07 Å². The van der Waals surface area contributed by atoms with E-state index in [1.54, 1.807) is 6.07 Å². The van der Waals surface area contributed by atoms with Gasteiger partial charge in [-0.1, -0.05) is 17.3 Å². The molecular weight excluding hydrogens is 334 g/mol. The number of rotatable bonds is 3. The summed E-state index contributed by atoms with van der Waals surface area (Å²) < 4.78 is 5.36. The van der Waals surface area contributed by atoms with Crippen LogP contribution in [0.4, 0.5) is 11.4 Å². The second-order valence-corrected chi connectivity index (χ2v) is 6.68. The highest BCUT2D eigenvalue weighted by Gasteiger charge is 2.27. The molecule has 1 aromatic carbocycles. The Morgan fingerprint density at radius 3 is 2.88 bits per heavy atom. The summed E-state index contributed by atoms with van der Waals surface area (Å²) in [5.41, 5.74) is 2.20. The first-order chi connectivity index (χ1) is 12.5. The summed E-state index contributed by atoms with van der Waals surface area (Å²) in [6.45, 7) is 5.29. The number of para-hydroxylation sites is 1. The molecule has 3 heterocycles. The fourth-order valence-electron chi connectivity index (χ4n) is 3.63. The van der Waals surface area contributed by atoms with E-state index in [4.69, 9.17) is 4.52 Å². The zero-order valence-corrected chi connectivity index (χ0v) is 14.7. The fourth-order valence-corrected chi connectivity index (χ4v) is 3.63. The molecule has 26 heavy (non-hydrogen) atoms. The third-order valence-corrected chi connectivity index (χ3v) is 4.78. The Kier molecular flexibility index (Phi) is 4.02. The summed E-state index contributed by atoms with van der Waals surface area (Å²) in [6.07, 6.45) is 1.98. The molecule has 0 bridgehead atoms. The molecule has 0 radical (unpaired) electrons. The smallest absolute Gasteiger partial charge is 0.295 e. The lowest BCUT2D eigenvalue weighted by molar-refractivity contribution is -0.383. The largest absolute Gasteiger partial charge is 0.370 e. The molecule has 0 N–H and O–H groups in total. The molecule has 1 saturated heterocycles. The van der Waals surface area contributed by atoms with Crippen LogP contribution in [0.5, 0.6) is 0 Å². The van der Waals surface area contributed by atoms with E-state index >= 15 is 0 Å². The van der Waals surface area contributed by atoms with E-state index < -0.39 is 0 Å². The van der Waals surface area contributed by atoms with E-state index in [1.807, 2.05) is 26.0 Å². The highest BCUT2D eigenvalue weighted by atomic mass is 16.6. The number of aromatic nitrogens is 3. The number of nitro groups is 1. The van der Waals surface area contributed by atoms with Crippen LogP contribution >= 0.6 is 0 Å². The third kappa shape index (κ3) is 2.87. The average Bonchev–Trinajstić information content (AvgIpc) is 3.07. The number of non-ortho nitro benzene ring substituents is 1. The molecule has 8 nitrogen and oxygen atoms in total. The predicted octanol–water partition coefficient (Wildman–Crippen LogP) is 3.53. The molecule has 1 aliphatic heterocycles. The maximum atomic E-state index is 11.4. The third-order valence-electron chi connectivity index (χ3n) is 4.78. The van der Waals surface area contributed by atoms with Crippen LogP contribution in [0.3, 0.4) is 0 Å². The number of nitro benzene ring substituents is 1. The average molecular weight is 353 g/mol. The first-order valence-corrected chi connectivity index (χ1v) is 8.63. The number of benzene rings is 1. The Morgan fingerprint density at radius 1 is 1.31 bits per heavy atom. The number of piperidine rings is 1. The second kappa shape index (κ2) is 6.36. The second-order valence-electron chi connectivity index (χ2n) is 6.68. The topological polar surface area (TPSA) is 98.2 Å². The number of fused-ring (bicyclic) bond motifs is 1. The van der Waals surface area contributed by atoms with Gasteiger partial charge in [-0.2, -0.15) is 4.98 Å². The molecule has 0 amide bonds. The molecule has 3 aromatic rings. The summed E-state index contributed by atoms with van der Waals surface area (Å²) in [6, 6.07) is 7.10. The highest BCUT2D eigenvalue weighted by molar-refractivity contribution is 5.97. The van der Waals surface area contributed by atoms with Crippen LogP contribution in [0.15, 0.2) is 28.8 Å². The molecule has 8 heteroatoms. The van der Waals surface area contributed by atoms with Crippen LogP contribution < -0.4 is 4.90 Å². The van der Waals surface area contributed by atoms with E-state index in [0.29, 0.717) is 17.2 Å². The minimum Gasteiger partial charge on any atom is -0.370 e. The molecule has 4 rings (SSSR count). The van der Waals surface area contributed by atoms with Gasteiger partial charge in [-0.25, -0.2) is 4.98 Å². The number of anilines is 1. The summed E-state index contributed by atoms with van der Waals surface area (Å²) >= 11 is 0. The lowest BCUT2D eigenvalue weighted by Crippen LogP contribution is -2.34. The van der Waals surface area contributed by atoms with Crippen LogP contribution in [0.1, 0.15) is 36.2 Å². The molecule has 0 spiro atoms. The summed E-state index contributed by atoms with van der Waals surface area (Å²) in [5.74, 6) is 1.46. The van der Waals surface area contributed by atoms with Gasteiger partial charge in [-0.15, -0.1) is 0 Å². The van der Waals surface area contributed by atoms with E-state index in [-0.39, 0.29) is 16.5 Å². The van der Waals surface area contributed by atoms with Crippen LogP contribution in [0.2, 0.25) is 0 Å². The van der Waals surface area contributed by atoms with Gasteiger partial charge in [0.15, 0.2) is 11.3 Å². The molecule has 1 atom stereocenters. The van der Waals surface area contributed by atoms with Crippen molar-refractivity contribution in [1.29, 1.82) is 0 Å². The van der Waals surface area contributed by atoms with E-state index in [9.17, 15) is 10.1 Å². The highest BCUT2D eigenvalue weighted by Crippen LogP contribution is 2.35. The van der Waals surface area contributed by atoms with Crippen molar-refractivity contribution in [2.75, 3.05) is 18.0 Å². The van der Waals surface area contributed by atoms with Crippen LogP contribution in [-0.4, -0.2) is 33.1 Å².